The first-order valence-electron chi connectivity index (χ1n) is 13.9. The predicted molar refractivity (Wildman–Crippen MR) is 166 cm³/mol. The number of fused-ring (bicyclic) bond motifs is 1. The molecule has 0 saturated heterocycles. The normalized spacial score (nSPS) is 19.4. The van der Waals surface area contributed by atoms with Crippen molar-refractivity contribution in [2.24, 2.45) is 11.3 Å². The van der Waals surface area contributed by atoms with Crippen molar-refractivity contribution >= 4 is 53.3 Å². The third-order valence-corrected chi connectivity index (χ3v) is 8.95. The van der Waals surface area contributed by atoms with Crippen LogP contribution in [-0.4, -0.2) is 29.9 Å². The molecule has 0 spiro atoms. The fourth-order valence-electron chi connectivity index (χ4n) is 5.80. The second-order valence-electron chi connectivity index (χ2n) is 12.7. The molecule has 2 aromatic carbocycles. The highest BCUT2D eigenvalue weighted by Crippen LogP contribution is 2.57. The van der Waals surface area contributed by atoms with E-state index in [-0.39, 0.29) is 11.0 Å². The number of hydrazine groups is 2. The summed E-state index contributed by atoms with van der Waals surface area (Å²) in [5.41, 5.74) is 10.9. The largest absolute Gasteiger partial charge is 0.383 e. The Labute approximate surface area is 246 Å². The Balaban J connectivity index is 1.44. The number of aromatic nitrogens is 1. The molecule has 6 rings (SSSR count). The zero-order chi connectivity index (χ0) is 28.3. The van der Waals surface area contributed by atoms with E-state index in [9.17, 15) is 5.26 Å². The molecule has 2 fully saturated rings. The molecule has 0 radical (unpaired) electrons. The van der Waals surface area contributed by atoms with Crippen LogP contribution in [0.2, 0.25) is 10.0 Å². The maximum atomic E-state index is 9.87. The molecule has 3 aromatic rings. The Bertz CT molecular complexity index is 1550. The van der Waals surface area contributed by atoms with Gasteiger partial charge in [-0.05, 0) is 60.8 Å². The average molecular weight is 574 g/mol. The van der Waals surface area contributed by atoms with Crippen molar-refractivity contribution in [1.29, 1.82) is 5.26 Å². The first kappa shape index (κ1) is 27.1. The highest BCUT2D eigenvalue weighted by atomic mass is 35.5. The van der Waals surface area contributed by atoms with E-state index in [1.165, 1.54) is 25.7 Å². The Morgan fingerprint density at radius 3 is 2.58 bits per heavy atom. The first-order chi connectivity index (χ1) is 19.0. The van der Waals surface area contributed by atoms with Gasteiger partial charge in [0.2, 0.25) is 0 Å². The Hall–Kier alpha value is -3.12. The molecule has 1 aliphatic heterocycles. The van der Waals surface area contributed by atoms with Crippen LogP contribution in [0.3, 0.4) is 0 Å². The second-order valence-corrected chi connectivity index (χ2v) is 13.5. The summed E-state index contributed by atoms with van der Waals surface area (Å²) in [6.07, 6.45) is 8.76. The summed E-state index contributed by atoms with van der Waals surface area (Å²) in [6.45, 7) is 7.14. The highest BCUT2D eigenvalue weighted by Gasteiger charge is 2.58. The number of rotatable bonds is 8. The van der Waals surface area contributed by atoms with E-state index in [0.29, 0.717) is 27.7 Å². The van der Waals surface area contributed by atoms with Gasteiger partial charge in [0, 0.05) is 35.0 Å². The van der Waals surface area contributed by atoms with Crippen molar-refractivity contribution in [3.05, 3.63) is 75.7 Å². The minimum absolute atomic E-state index is 0.0173. The number of pyridine rings is 1. The molecule has 206 valence electrons. The van der Waals surface area contributed by atoms with Crippen LogP contribution in [0.1, 0.15) is 57.6 Å². The molecule has 1 unspecified atom stereocenters. The van der Waals surface area contributed by atoms with Crippen LogP contribution in [0.5, 0.6) is 0 Å². The van der Waals surface area contributed by atoms with Crippen LogP contribution < -0.4 is 21.6 Å². The number of halogens is 2. The van der Waals surface area contributed by atoms with Crippen molar-refractivity contribution in [2.75, 3.05) is 17.2 Å². The molecule has 1 atom stereocenters. The first-order valence-corrected chi connectivity index (χ1v) is 14.6. The number of anilines is 2. The van der Waals surface area contributed by atoms with E-state index in [4.69, 9.17) is 23.2 Å². The van der Waals surface area contributed by atoms with Crippen LogP contribution in [0.4, 0.5) is 11.4 Å². The third-order valence-electron chi connectivity index (χ3n) is 8.33. The topological polar surface area (TPSA) is 88.0 Å². The van der Waals surface area contributed by atoms with Crippen LogP contribution in [-0.2, 0) is 5.44 Å². The van der Waals surface area contributed by atoms with Gasteiger partial charge in [0.05, 0.1) is 38.5 Å². The molecule has 2 aliphatic carbocycles. The van der Waals surface area contributed by atoms with E-state index in [1.807, 2.05) is 36.4 Å². The molecule has 10 heteroatoms. The van der Waals surface area contributed by atoms with Crippen LogP contribution in [0.25, 0.3) is 10.9 Å². The second kappa shape index (κ2) is 9.76. The molecule has 2 saturated carbocycles. The van der Waals surface area contributed by atoms with Gasteiger partial charge >= 0.3 is 0 Å². The maximum absolute atomic E-state index is 9.87. The predicted octanol–water partition coefficient (Wildman–Crippen LogP) is 5.88. The molecule has 0 amide bonds. The molecule has 4 N–H and O–H groups in total. The lowest BCUT2D eigenvalue weighted by Gasteiger charge is -2.34. The Morgan fingerprint density at radius 1 is 1.18 bits per heavy atom. The van der Waals surface area contributed by atoms with Crippen molar-refractivity contribution in [3.8, 4) is 6.07 Å². The zero-order valence-electron chi connectivity index (χ0n) is 23.3. The Kier molecular flexibility index (Phi) is 6.61. The molecule has 7 nitrogen and oxygen atoms in total. The summed E-state index contributed by atoms with van der Waals surface area (Å²) in [6, 6.07) is 14.1. The Morgan fingerprint density at radius 2 is 1.93 bits per heavy atom. The molecular formula is C30H34BCl2N7. The fraction of sp³-hybridized carbons (Fsp3) is 0.400. The number of nitrogens with one attached hydrogen (secondary N) is 4. The van der Waals surface area contributed by atoms with Crippen LogP contribution in [0.15, 0.2) is 54.5 Å². The summed E-state index contributed by atoms with van der Waals surface area (Å²) in [4.78, 5) is 4.53. The van der Waals surface area contributed by atoms with E-state index in [2.05, 4.69) is 72.5 Å². The highest BCUT2D eigenvalue weighted by molar-refractivity contribution is 6.36. The van der Waals surface area contributed by atoms with Gasteiger partial charge in [-0.25, -0.2) is 0 Å². The number of nitriles is 1. The van der Waals surface area contributed by atoms with Crippen molar-refractivity contribution in [3.63, 3.8) is 0 Å². The van der Waals surface area contributed by atoms with Gasteiger partial charge in [0.25, 0.3) is 0 Å². The monoisotopic (exact) mass is 573 g/mol. The fourth-order valence-corrected chi connectivity index (χ4v) is 6.39. The number of nitrogens with zero attached hydrogens (tertiary/aromatic N) is 3. The van der Waals surface area contributed by atoms with Crippen LogP contribution in [0, 0.1) is 22.7 Å². The lowest BCUT2D eigenvalue weighted by atomic mass is 9.69. The van der Waals surface area contributed by atoms with E-state index in [0.717, 1.165) is 33.9 Å². The SMILES string of the molecule is BC(Nc1cc(Cl)c2ncc(C#N)c(NCC(C)(C)C)c2c1)(C1=CN(C2(C3CC3)CC2)NN1)c1ccccc1Cl. The third kappa shape index (κ3) is 4.85. The minimum atomic E-state index is -0.726. The minimum Gasteiger partial charge on any atom is -0.383 e. The van der Waals surface area contributed by atoms with Crippen LogP contribution >= 0.6 is 23.2 Å². The number of hydrogen-bond acceptors (Lipinski definition) is 7. The van der Waals surface area contributed by atoms with E-state index >= 15 is 0 Å². The lowest BCUT2D eigenvalue weighted by molar-refractivity contribution is 0.156. The van der Waals surface area contributed by atoms with Gasteiger partial charge in [-0.1, -0.05) is 62.2 Å². The molecule has 0 bridgehead atoms. The van der Waals surface area contributed by atoms with Gasteiger partial charge in [0.15, 0.2) is 0 Å². The molecule has 2 heterocycles. The van der Waals surface area contributed by atoms with Gasteiger partial charge < -0.3 is 16.1 Å². The van der Waals surface area contributed by atoms with Gasteiger partial charge in [0.1, 0.15) is 13.9 Å². The smallest absolute Gasteiger partial charge is 0.148 e. The van der Waals surface area contributed by atoms with E-state index in [1.54, 1.807) is 6.20 Å². The lowest BCUT2D eigenvalue weighted by Crippen LogP contribution is -2.48. The zero-order valence-corrected chi connectivity index (χ0v) is 24.8. The van der Waals surface area contributed by atoms with E-state index < -0.39 is 5.44 Å². The summed E-state index contributed by atoms with van der Waals surface area (Å²) in [5.74, 6) is 0.747. The average Bonchev–Trinajstić information content (AvgIpc) is 3.84. The van der Waals surface area contributed by atoms with Crippen molar-refractivity contribution in [1.82, 2.24) is 21.0 Å². The summed E-state index contributed by atoms with van der Waals surface area (Å²) in [5, 5.41) is 21.3. The molecule has 40 heavy (non-hydrogen) atoms. The maximum Gasteiger partial charge on any atom is 0.148 e. The summed E-state index contributed by atoms with van der Waals surface area (Å²) >= 11 is 13.6. The molecule has 3 aliphatic rings. The van der Waals surface area contributed by atoms with Crippen molar-refractivity contribution < 1.29 is 0 Å². The van der Waals surface area contributed by atoms with Gasteiger partial charge in [-0.15, -0.1) is 5.53 Å². The van der Waals surface area contributed by atoms with Gasteiger partial charge in [-0.3, -0.25) is 9.99 Å². The number of hydrogen-bond donors (Lipinski definition) is 4. The molecule has 1 aromatic heterocycles. The summed E-state index contributed by atoms with van der Waals surface area (Å²) < 4.78 is 0. The number of benzene rings is 2. The quantitative estimate of drug-likeness (QED) is 0.250. The van der Waals surface area contributed by atoms with Crippen molar-refractivity contribution in [2.45, 2.75) is 57.4 Å². The summed E-state index contributed by atoms with van der Waals surface area (Å²) in [7, 11) is 2.12. The van der Waals surface area contributed by atoms with Gasteiger partial charge in [-0.2, -0.15) is 5.26 Å². The molecular weight excluding hydrogens is 540 g/mol. The standard InChI is InChI=1S/C30H34BCl2N7/c1-28(2,3)17-36-26-18(14-34)15-35-27-21(26)12-20(13-24(27)33)37-30(31,22-6-4-5-7-23(22)32)25-16-40(39-38-25)29(10-11-29)19-8-9-19/h4-7,12-13,15-16,19,37-39H,8-11,17,31H2,1-3H3,(H,35,36).